The summed E-state index contributed by atoms with van der Waals surface area (Å²) in [5.41, 5.74) is 1.22. The fourth-order valence-corrected chi connectivity index (χ4v) is 3.13. The third-order valence-electron chi connectivity index (χ3n) is 4.57. The number of hydrogen-bond donors (Lipinski definition) is 2. The Morgan fingerprint density at radius 3 is 2.35 bits per heavy atom. The van der Waals surface area contributed by atoms with E-state index in [0.29, 0.717) is 19.6 Å². The molecule has 1 saturated heterocycles. The van der Waals surface area contributed by atoms with Crippen molar-refractivity contribution in [1.82, 2.24) is 10.2 Å². The first kappa shape index (κ1) is 19.9. The van der Waals surface area contributed by atoms with E-state index in [1.807, 2.05) is 32.9 Å². The van der Waals surface area contributed by atoms with Crippen molar-refractivity contribution in [2.24, 2.45) is 11.3 Å². The van der Waals surface area contributed by atoms with Crippen LogP contribution in [0.5, 0.6) is 0 Å². The van der Waals surface area contributed by atoms with Gasteiger partial charge in [-0.1, -0.05) is 45.0 Å². The molecule has 2 rings (SSSR count). The van der Waals surface area contributed by atoms with Gasteiger partial charge in [0.05, 0.1) is 12.3 Å². The second kappa shape index (κ2) is 8.34. The number of hydrogen-bond acceptors (Lipinski definition) is 3. The molecule has 0 spiro atoms. The highest BCUT2D eigenvalue weighted by Gasteiger charge is 2.33. The Kier molecular flexibility index (Phi) is 6.40. The number of carbonyl (C=O) groups is 3. The minimum absolute atomic E-state index is 0.00759. The third kappa shape index (κ3) is 5.58. The van der Waals surface area contributed by atoms with Crippen molar-refractivity contribution in [2.75, 3.05) is 13.1 Å². The first-order valence-electron chi connectivity index (χ1n) is 9.03. The minimum Gasteiger partial charge on any atom is -0.481 e. The molecule has 1 aliphatic rings. The lowest BCUT2D eigenvalue weighted by Gasteiger charge is -2.35. The van der Waals surface area contributed by atoms with Crippen LogP contribution in [0.1, 0.15) is 44.7 Å². The lowest BCUT2D eigenvalue weighted by atomic mass is 9.91. The van der Waals surface area contributed by atoms with Crippen LogP contribution in [0, 0.1) is 11.3 Å². The number of rotatable bonds is 5. The number of benzene rings is 1. The van der Waals surface area contributed by atoms with E-state index >= 15 is 0 Å². The van der Waals surface area contributed by atoms with Crippen LogP contribution in [-0.4, -0.2) is 40.9 Å². The van der Waals surface area contributed by atoms with Crippen molar-refractivity contribution >= 4 is 17.8 Å². The van der Waals surface area contributed by atoms with Crippen LogP contribution in [-0.2, 0) is 27.3 Å². The number of carboxylic acid groups (broad SMARTS) is 1. The zero-order chi connectivity index (χ0) is 19.3. The highest BCUT2D eigenvalue weighted by atomic mass is 16.4. The number of nitrogens with zero attached hydrogens (tertiary/aromatic N) is 1. The van der Waals surface area contributed by atoms with E-state index in [-0.39, 0.29) is 24.2 Å². The maximum atomic E-state index is 12.5. The predicted octanol–water partition coefficient (Wildman–Crippen LogP) is 2.21. The van der Waals surface area contributed by atoms with Crippen LogP contribution < -0.4 is 5.32 Å². The summed E-state index contributed by atoms with van der Waals surface area (Å²) < 4.78 is 0. The first-order valence-corrected chi connectivity index (χ1v) is 9.03. The molecular weight excluding hydrogens is 332 g/mol. The summed E-state index contributed by atoms with van der Waals surface area (Å²) in [4.78, 5) is 37.4. The highest BCUT2D eigenvalue weighted by molar-refractivity contribution is 5.83. The van der Waals surface area contributed by atoms with E-state index in [0.717, 1.165) is 24.0 Å². The normalized spacial score (nSPS) is 17.7. The van der Waals surface area contributed by atoms with Crippen molar-refractivity contribution < 1.29 is 19.5 Å². The Labute approximate surface area is 154 Å². The van der Waals surface area contributed by atoms with Gasteiger partial charge in [0.1, 0.15) is 0 Å². The molecule has 0 aliphatic carbocycles. The summed E-state index contributed by atoms with van der Waals surface area (Å²) in [6.45, 7) is 7.27. The van der Waals surface area contributed by atoms with Gasteiger partial charge in [-0.15, -0.1) is 0 Å². The monoisotopic (exact) mass is 360 g/mol. The average Bonchev–Trinajstić information content (AvgIpc) is 2.59. The molecule has 142 valence electrons. The zero-order valence-electron chi connectivity index (χ0n) is 15.7. The first-order chi connectivity index (χ1) is 12.2. The van der Waals surface area contributed by atoms with E-state index in [9.17, 15) is 14.4 Å². The summed E-state index contributed by atoms with van der Waals surface area (Å²) in [6, 6.07) is 7.18. The van der Waals surface area contributed by atoms with E-state index < -0.39 is 11.4 Å². The number of amides is 2. The number of likely N-dealkylation sites (tertiary alicyclic amines) is 1. The molecule has 6 nitrogen and oxygen atoms in total. The molecule has 0 saturated carbocycles. The van der Waals surface area contributed by atoms with Crippen molar-refractivity contribution in [3.63, 3.8) is 0 Å². The largest absolute Gasteiger partial charge is 0.481 e. The van der Waals surface area contributed by atoms with Gasteiger partial charge in [0.15, 0.2) is 0 Å². The molecular formula is C20H28N2O4. The molecule has 1 aromatic rings. The van der Waals surface area contributed by atoms with Gasteiger partial charge in [-0.05, 0) is 24.0 Å². The Balaban J connectivity index is 1.87. The average molecular weight is 360 g/mol. The fourth-order valence-electron chi connectivity index (χ4n) is 3.13. The summed E-state index contributed by atoms with van der Waals surface area (Å²) in [7, 11) is 0. The molecule has 0 aromatic heterocycles. The number of carboxylic acids is 1. The summed E-state index contributed by atoms with van der Waals surface area (Å²) in [5, 5.41) is 11.7. The third-order valence-corrected chi connectivity index (χ3v) is 4.57. The standard InChI is InChI=1S/C20H28N2O4/c1-20(2,3)19(26)22-10-4-5-16(13-22)18(25)21-12-15-8-6-14(7-9-15)11-17(23)24/h6-9,16H,4-5,10-13H2,1-3H3,(H,21,25)(H,23,24). The predicted molar refractivity (Wildman–Crippen MR) is 98.4 cm³/mol. The van der Waals surface area contributed by atoms with Crippen molar-refractivity contribution in [3.8, 4) is 0 Å². The van der Waals surface area contributed by atoms with Gasteiger partial charge in [-0.25, -0.2) is 0 Å². The van der Waals surface area contributed by atoms with Crippen LogP contribution in [0.15, 0.2) is 24.3 Å². The Hall–Kier alpha value is -2.37. The maximum absolute atomic E-state index is 12.5. The van der Waals surface area contributed by atoms with E-state index in [4.69, 9.17) is 5.11 Å². The molecule has 1 fully saturated rings. The van der Waals surface area contributed by atoms with Crippen LogP contribution in [0.3, 0.4) is 0 Å². The lowest BCUT2D eigenvalue weighted by molar-refractivity contribution is -0.143. The summed E-state index contributed by atoms with van der Waals surface area (Å²) in [6.07, 6.45) is 1.62. The van der Waals surface area contributed by atoms with Crippen molar-refractivity contribution in [2.45, 2.75) is 46.6 Å². The number of aliphatic carboxylic acids is 1. The fraction of sp³-hybridized carbons (Fsp3) is 0.550. The SMILES string of the molecule is CC(C)(C)C(=O)N1CCCC(C(=O)NCc2ccc(CC(=O)O)cc2)C1. The van der Waals surface area contributed by atoms with E-state index in [2.05, 4.69) is 5.32 Å². The zero-order valence-corrected chi connectivity index (χ0v) is 15.7. The molecule has 1 aromatic carbocycles. The van der Waals surface area contributed by atoms with Crippen LogP contribution >= 0.6 is 0 Å². The van der Waals surface area contributed by atoms with Gasteiger partial charge in [-0.3, -0.25) is 14.4 Å². The van der Waals surface area contributed by atoms with Crippen molar-refractivity contribution in [1.29, 1.82) is 0 Å². The molecule has 26 heavy (non-hydrogen) atoms. The van der Waals surface area contributed by atoms with E-state index in [1.165, 1.54) is 0 Å². The van der Waals surface area contributed by atoms with Gasteiger partial charge in [-0.2, -0.15) is 0 Å². The number of carbonyl (C=O) groups excluding carboxylic acids is 2. The Bertz CT molecular complexity index is 661. The summed E-state index contributed by atoms with van der Waals surface area (Å²) >= 11 is 0. The molecule has 0 radical (unpaired) electrons. The topological polar surface area (TPSA) is 86.7 Å². The van der Waals surface area contributed by atoms with Gasteiger partial charge in [0, 0.05) is 25.0 Å². The number of nitrogens with one attached hydrogen (secondary N) is 1. The summed E-state index contributed by atoms with van der Waals surface area (Å²) in [5.74, 6) is -0.992. The second-order valence-electron chi connectivity index (χ2n) is 7.95. The Morgan fingerprint density at radius 1 is 1.15 bits per heavy atom. The quantitative estimate of drug-likeness (QED) is 0.843. The van der Waals surface area contributed by atoms with Crippen LogP contribution in [0.25, 0.3) is 0 Å². The second-order valence-corrected chi connectivity index (χ2v) is 7.95. The van der Waals surface area contributed by atoms with Gasteiger partial charge < -0.3 is 15.3 Å². The number of piperidine rings is 1. The Morgan fingerprint density at radius 2 is 1.77 bits per heavy atom. The molecule has 2 amide bonds. The van der Waals surface area contributed by atoms with Gasteiger partial charge in [0.25, 0.3) is 0 Å². The smallest absolute Gasteiger partial charge is 0.307 e. The highest BCUT2D eigenvalue weighted by Crippen LogP contribution is 2.23. The molecule has 2 N–H and O–H groups in total. The molecule has 0 bridgehead atoms. The molecule has 6 heteroatoms. The molecule has 1 atom stereocenters. The van der Waals surface area contributed by atoms with Gasteiger partial charge in [0.2, 0.25) is 11.8 Å². The van der Waals surface area contributed by atoms with Gasteiger partial charge >= 0.3 is 5.97 Å². The molecule has 1 unspecified atom stereocenters. The van der Waals surface area contributed by atoms with Crippen molar-refractivity contribution in [3.05, 3.63) is 35.4 Å². The van der Waals surface area contributed by atoms with Crippen LogP contribution in [0.4, 0.5) is 0 Å². The molecule has 1 aliphatic heterocycles. The maximum Gasteiger partial charge on any atom is 0.307 e. The molecule has 1 heterocycles. The van der Waals surface area contributed by atoms with Crippen LogP contribution in [0.2, 0.25) is 0 Å². The van der Waals surface area contributed by atoms with E-state index in [1.54, 1.807) is 17.0 Å². The lowest BCUT2D eigenvalue weighted by Crippen LogP contribution is -2.48. The minimum atomic E-state index is -0.863.